The maximum absolute atomic E-state index is 4.72. The summed E-state index contributed by atoms with van der Waals surface area (Å²) in [5, 5.41) is 4.37. The highest BCUT2D eigenvalue weighted by molar-refractivity contribution is 9.10. The number of aryl methyl sites for hydroxylation is 2. The van der Waals surface area contributed by atoms with Crippen molar-refractivity contribution in [2.75, 3.05) is 5.32 Å². The van der Waals surface area contributed by atoms with Crippen LogP contribution in [0.2, 0.25) is 0 Å². The van der Waals surface area contributed by atoms with Gasteiger partial charge in [-0.2, -0.15) is 0 Å². The fourth-order valence-electron chi connectivity index (χ4n) is 2.63. The minimum atomic E-state index is 0.869. The van der Waals surface area contributed by atoms with Crippen molar-refractivity contribution in [1.29, 1.82) is 0 Å². The van der Waals surface area contributed by atoms with Crippen molar-refractivity contribution in [3.05, 3.63) is 39.6 Å². The SMILES string of the molecule is Brc1cnc2c(Nc3nc4c(s3)CCCC4)ccnc2c1. The number of anilines is 2. The first-order valence-corrected chi connectivity index (χ1v) is 8.56. The molecule has 0 saturated carbocycles. The molecule has 0 radical (unpaired) electrons. The van der Waals surface area contributed by atoms with Gasteiger partial charge in [0, 0.05) is 21.7 Å². The van der Waals surface area contributed by atoms with Crippen LogP contribution in [-0.4, -0.2) is 15.0 Å². The van der Waals surface area contributed by atoms with Crippen LogP contribution >= 0.6 is 27.3 Å². The molecule has 106 valence electrons. The van der Waals surface area contributed by atoms with E-state index in [1.54, 1.807) is 23.7 Å². The van der Waals surface area contributed by atoms with Gasteiger partial charge in [-0.15, -0.1) is 11.3 Å². The van der Waals surface area contributed by atoms with Gasteiger partial charge in [0.1, 0.15) is 5.52 Å². The second-order valence-electron chi connectivity index (χ2n) is 5.10. The van der Waals surface area contributed by atoms with Gasteiger partial charge in [-0.05, 0) is 53.7 Å². The Kier molecular flexibility index (Phi) is 3.35. The molecule has 0 atom stereocenters. The maximum atomic E-state index is 4.72. The van der Waals surface area contributed by atoms with Gasteiger partial charge in [0.05, 0.1) is 16.9 Å². The Morgan fingerprint density at radius 1 is 1.19 bits per heavy atom. The molecular weight excluding hydrogens is 348 g/mol. The monoisotopic (exact) mass is 360 g/mol. The van der Waals surface area contributed by atoms with Gasteiger partial charge < -0.3 is 5.32 Å². The van der Waals surface area contributed by atoms with Gasteiger partial charge in [0.2, 0.25) is 0 Å². The Balaban J connectivity index is 1.72. The van der Waals surface area contributed by atoms with E-state index < -0.39 is 0 Å². The smallest absolute Gasteiger partial charge is 0.187 e. The zero-order valence-electron chi connectivity index (χ0n) is 11.3. The van der Waals surface area contributed by atoms with Crippen LogP contribution < -0.4 is 5.32 Å². The second kappa shape index (κ2) is 5.35. The molecule has 6 heteroatoms. The van der Waals surface area contributed by atoms with E-state index in [9.17, 15) is 0 Å². The standard InChI is InChI=1S/C15H13BrN4S/c16-9-7-12-14(18-8-9)11(5-6-17-12)20-15-19-10-3-1-2-4-13(10)21-15/h5-8H,1-4H2,(H,17,19,20). The molecule has 1 N–H and O–H groups in total. The number of fused-ring (bicyclic) bond motifs is 2. The number of aromatic nitrogens is 3. The molecule has 0 spiro atoms. The lowest BCUT2D eigenvalue weighted by molar-refractivity contribution is 0.683. The summed E-state index contributed by atoms with van der Waals surface area (Å²) in [5.41, 5.74) is 3.96. The van der Waals surface area contributed by atoms with Crippen molar-refractivity contribution in [2.24, 2.45) is 0 Å². The van der Waals surface area contributed by atoms with Gasteiger partial charge in [0.25, 0.3) is 0 Å². The number of halogens is 1. The largest absolute Gasteiger partial charge is 0.330 e. The Hall–Kier alpha value is -1.53. The third kappa shape index (κ3) is 2.53. The van der Waals surface area contributed by atoms with Crippen molar-refractivity contribution < 1.29 is 0 Å². The molecule has 1 aliphatic rings. The Morgan fingerprint density at radius 3 is 3.00 bits per heavy atom. The third-order valence-electron chi connectivity index (χ3n) is 3.63. The average Bonchev–Trinajstić information content (AvgIpc) is 2.89. The van der Waals surface area contributed by atoms with Crippen LogP contribution in [0.1, 0.15) is 23.4 Å². The number of nitrogens with zero attached hydrogens (tertiary/aromatic N) is 3. The van der Waals surface area contributed by atoms with Crippen LogP contribution in [0.25, 0.3) is 11.0 Å². The summed E-state index contributed by atoms with van der Waals surface area (Å²) in [5.74, 6) is 0. The molecule has 0 fully saturated rings. The molecule has 0 unspecified atom stereocenters. The molecule has 3 heterocycles. The molecule has 3 aromatic rings. The molecule has 1 aliphatic carbocycles. The lowest BCUT2D eigenvalue weighted by atomic mass is 10.0. The lowest BCUT2D eigenvalue weighted by Gasteiger charge is -2.06. The van der Waals surface area contributed by atoms with Crippen LogP contribution in [0.5, 0.6) is 0 Å². The molecule has 0 bridgehead atoms. The van der Waals surface area contributed by atoms with Crippen LogP contribution in [0, 0.1) is 0 Å². The molecule has 3 aromatic heterocycles. The predicted octanol–water partition coefficient (Wildman–Crippen LogP) is 4.47. The van der Waals surface area contributed by atoms with Crippen LogP contribution in [0.15, 0.2) is 29.0 Å². The summed E-state index contributed by atoms with van der Waals surface area (Å²) < 4.78 is 0.935. The summed E-state index contributed by atoms with van der Waals surface area (Å²) in [4.78, 5) is 15.0. The predicted molar refractivity (Wildman–Crippen MR) is 89.3 cm³/mol. The van der Waals surface area contributed by atoms with E-state index in [-0.39, 0.29) is 0 Å². The molecule has 4 nitrogen and oxygen atoms in total. The number of rotatable bonds is 2. The average molecular weight is 361 g/mol. The molecule has 4 rings (SSSR count). The fraction of sp³-hybridized carbons (Fsp3) is 0.267. The Morgan fingerprint density at radius 2 is 2.10 bits per heavy atom. The van der Waals surface area contributed by atoms with Crippen LogP contribution in [0.3, 0.4) is 0 Å². The zero-order chi connectivity index (χ0) is 14.2. The summed E-state index contributed by atoms with van der Waals surface area (Å²) >= 11 is 5.19. The Bertz CT molecular complexity index is 791. The summed E-state index contributed by atoms with van der Waals surface area (Å²) in [6.07, 6.45) is 8.40. The van der Waals surface area contributed by atoms with Crippen LogP contribution in [0.4, 0.5) is 10.8 Å². The van der Waals surface area contributed by atoms with Crippen molar-refractivity contribution in [3.8, 4) is 0 Å². The van der Waals surface area contributed by atoms with Gasteiger partial charge in [0.15, 0.2) is 5.13 Å². The number of hydrogen-bond acceptors (Lipinski definition) is 5. The highest BCUT2D eigenvalue weighted by atomic mass is 79.9. The van der Waals surface area contributed by atoms with E-state index in [4.69, 9.17) is 4.98 Å². The third-order valence-corrected chi connectivity index (χ3v) is 5.14. The molecule has 0 aromatic carbocycles. The number of thiazole rings is 1. The maximum Gasteiger partial charge on any atom is 0.187 e. The van der Waals surface area contributed by atoms with E-state index in [2.05, 4.69) is 31.2 Å². The topological polar surface area (TPSA) is 50.7 Å². The first-order valence-electron chi connectivity index (χ1n) is 6.95. The van der Waals surface area contributed by atoms with Gasteiger partial charge >= 0.3 is 0 Å². The lowest BCUT2D eigenvalue weighted by Crippen LogP contribution is -1.99. The summed E-state index contributed by atoms with van der Waals surface area (Å²) in [6.45, 7) is 0. The zero-order valence-corrected chi connectivity index (χ0v) is 13.7. The van der Waals surface area contributed by atoms with E-state index in [0.717, 1.165) is 39.2 Å². The molecular formula is C15H13BrN4S. The van der Waals surface area contributed by atoms with E-state index in [1.807, 2.05) is 12.1 Å². The van der Waals surface area contributed by atoms with E-state index in [1.165, 1.54) is 23.4 Å². The fourth-order valence-corrected chi connectivity index (χ4v) is 4.01. The number of hydrogen-bond donors (Lipinski definition) is 1. The van der Waals surface area contributed by atoms with Crippen molar-refractivity contribution in [1.82, 2.24) is 15.0 Å². The van der Waals surface area contributed by atoms with Gasteiger partial charge in [-0.25, -0.2) is 4.98 Å². The van der Waals surface area contributed by atoms with Gasteiger partial charge in [-0.1, -0.05) is 0 Å². The van der Waals surface area contributed by atoms with Gasteiger partial charge in [-0.3, -0.25) is 9.97 Å². The van der Waals surface area contributed by atoms with Crippen LogP contribution in [-0.2, 0) is 12.8 Å². The molecule has 0 amide bonds. The normalized spacial score (nSPS) is 14.1. The molecule has 0 aliphatic heterocycles. The number of pyridine rings is 2. The first kappa shape index (κ1) is 13.2. The highest BCUT2D eigenvalue weighted by Gasteiger charge is 2.15. The minimum absolute atomic E-state index is 0.869. The summed E-state index contributed by atoms with van der Waals surface area (Å²) in [6, 6.07) is 3.92. The summed E-state index contributed by atoms with van der Waals surface area (Å²) in [7, 11) is 0. The van der Waals surface area contributed by atoms with Crippen molar-refractivity contribution >= 4 is 49.1 Å². The van der Waals surface area contributed by atoms with Crippen molar-refractivity contribution in [3.63, 3.8) is 0 Å². The first-order chi connectivity index (χ1) is 10.3. The minimum Gasteiger partial charge on any atom is -0.330 e. The molecule has 0 saturated heterocycles. The Labute approximate surface area is 134 Å². The second-order valence-corrected chi connectivity index (χ2v) is 7.10. The van der Waals surface area contributed by atoms with E-state index in [0.29, 0.717) is 0 Å². The van der Waals surface area contributed by atoms with E-state index >= 15 is 0 Å². The quantitative estimate of drug-likeness (QED) is 0.732. The number of nitrogens with one attached hydrogen (secondary N) is 1. The highest BCUT2D eigenvalue weighted by Crippen LogP contribution is 2.32. The van der Waals surface area contributed by atoms with Crippen molar-refractivity contribution in [2.45, 2.75) is 25.7 Å². The molecule has 21 heavy (non-hydrogen) atoms.